The van der Waals surface area contributed by atoms with Crippen molar-refractivity contribution in [1.29, 1.82) is 0 Å². The zero-order valence-corrected chi connectivity index (χ0v) is 16.3. The lowest BCUT2D eigenvalue weighted by Crippen LogP contribution is -2.58. The number of aromatic nitrogens is 3. The molecule has 2 heterocycles. The molecule has 2 aromatic rings. The van der Waals surface area contributed by atoms with Crippen molar-refractivity contribution in [3.8, 4) is 0 Å². The van der Waals surface area contributed by atoms with Crippen molar-refractivity contribution in [3.05, 3.63) is 16.7 Å². The number of nitrogens with zero attached hydrogens (tertiary/aromatic N) is 3. The van der Waals surface area contributed by atoms with Gasteiger partial charge in [-0.3, -0.25) is 0 Å². The molecule has 0 fully saturated rings. The Labute approximate surface area is 136 Å². The first kappa shape index (κ1) is 16.5. The van der Waals surface area contributed by atoms with Crippen molar-refractivity contribution in [3.63, 3.8) is 0 Å². The number of hydrogen-bond donors (Lipinski definition) is 1. The van der Waals surface area contributed by atoms with Crippen LogP contribution in [0.5, 0.6) is 0 Å². The highest BCUT2D eigenvalue weighted by molar-refractivity contribution is 9.10. The Hall–Kier alpha value is -0.883. The van der Waals surface area contributed by atoms with E-state index in [1.165, 1.54) is 0 Å². The zero-order valence-electron chi connectivity index (χ0n) is 13.7. The molecule has 0 amide bonds. The molecule has 0 saturated carbocycles. The fourth-order valence-electron chi connectivity index (χ4n) is 3.95. The topological polar surface area (TPSA) is 56.2 Å². The second kappa shape index (κ2) is 5.72. The van der Waals surface area contributed by atoms with Gasteiger partial charge in [0.05, 0.1) is 0 Å². The van der Waals surface area contributed by atoms with Gasteiger partial charge in [0.2, 0.25) is 0 Å². The van der Waals surface area contributed by atoms with Gasteiger partial charge in [0.1, 0.15) is 23.6 Å². The Kier molecular flexibility index (Phi) is 4.49. The first-order chi connectivity index (χ1) is 9.72. The maximum Gasteiger partial charge on any atom is 0.151 e. The lowest BCUT2D eigenvalue weighted by molar-refractivity contribution is 0.809. The molecule has 0 unspecified atom stereocenters. The Morgan fingerprint density at radius 2 is 1.57 bits per heavy atom. The Bertz CT molecular complexity index is 627. The van der Waals surface area contributed by atoms with E-state index in [0.29, 0.717) is 22.4 Å². The highest BCUT2D eigenvalue weighted by Gasteiger charge is 2.48. The molecule has 0 radical (unpaired) electrons. The molecule has 0 atom stereocenters. The minimum absolute atomic E-state index is 0.559. The molecule has 0 aromatic carbocycles. The number of hydrogen-bond acceptors (Lipinski definition) is 3. The molecule has 4 nitrogen and oxygen atoms in total. The van der Waals surface area contributed by atoms with Crippen molar-refractivity contribution in [2.45, 2.75) is 58.2 Å². The van der Waals surface area contributed by atoms with E-state index >= 15 is 0 Å². The van der Waals surface area contributed by atoms with Crippen molar-refractivity contribution in [2.75, 3.05) is 5.73 Å². The van der Waals surface area contributed by atoms with E-state index in [0.717, 1.165) is 15.6 Å². The van der Waals surface area contributed by atoms with Gasteiger partial charge >= 0.3 is 0 Å². The quantitative estimate of drug-likeness (QED) is 0.830. The molecule has 0 aliphatic carbocycles. The maximum absolute atomic E-state index is 6.20. The zero-order chi connectivity index (χ0) is 15.9. The van der Waals surface area contributed by atoms with Crippen LogP contribution >= 0.6 is 15.9 Å². The smallest absolute Gasteiger partial charge is 0.151 e. The standard InChI is InChI=1S/C15H25BrN4Si/c1-9(2)21(10(3)4,11(5)6)15-18-14(17)12-7-8-13(16)20(12)19-15/h7-11H,1-6H3,(H2,17,18,19). The second-order valence-corrected chi connectivity index (χ2v) is 13.3. The highest BCUT2D eigenvalue weighted by atomic mass is 79.9. The summed E-state index contributed by atoms with van der Waals surface area (Å²) in [5, 5.41) is 4.87. The van der Waals surface area contributed by atoms with Gasteiger partial charge in [-0.25, -0.2) is 9.50 Å². The van der Waals surface area contributed by atoms with Gasteiger partial charge in [0.15, 0.2) is 5.82 Å². The minimum Gasteiger partial charge on any atom is -0.382 e. The molecule has 0 aliphatic rings. The third-order valence-corrected chi connectivity index (χ3v) is 12.1. The van der Waals surface area contributed by atoms with E-state index in [2.05, 4.69) is 57.5 Å². The van der Waals surface area contributed by atoms with Crippen LogP contribution in [-0.4, -0.2) is 22.7 Å². The summed E-state index contributed by atoms with van der Waals surface area (Å²) in [6.07, 6.45) is 0. The van der Waals surface area contributed by atoms with Crippen LogP contribution in [0.2, 0.25) is 16.6 Å². The third-order valence-electron chi connectivity index (χ3n) is 4.75. The van der Waals surface area contributed by atoms with Gasteiger partial charge in [0, 0.05) is 0 Å². The van der Waals surface area contributed by atoms with Crippen LogP contribution in [0.4, 0.5) is 5.82 Å². The molecular weight excluding hydrogens is 344 g/mol. The molecule has 2 rings (SSSR count). The summed E-state index contributed by atoms with van der Waals surface area (Å²) in [6.45, 7) is 13.8. The maximum atomic E-state index is 6.20. The van der Waals surface area contributed by atoms with Crippen LogP contribution in [0.3, 0.4) is 0 Å². The lowest BCUT2D eigenvalue weighted by atomic mass is 10.5. The first-order valence-corrected chi connectivity index (χ1v) is 10.6. The SMILES string of the molecule is CC(C)[Si](c1nc(N)c2ccc(Br)n2n1)(C(C)C)C(C)C. The molecule has 21 heavy (non-hydrogen) atoms. The number of halogens is 1. The molecule has 0 spiro atoms. The largest absolute Gasteiger partial charge is 0.382 e. The van der Waals surface area contributed by atoms with Crippen LogP contribution in [0, 0.1) is 0 Å². The summed E-state index contributed by atoms with van der Waals surface area (Å²) in [4.78, 5) is 4.74. The summed E-state index contributed by atoms with van der Waals surface area (Å²) in [7, 11) is -1.89. The van der Waals surface area contributed by atoms with Gasteiger partial charge in [0.25, 0.3) is 0 Å². The summed E-state index contributed by atoms with van der Waals surface area (Å²) in [5.74, 6) is 0.574. The summed E-state index contributed by atoms with van der Waals surface area (Å²) >= 11 is 3.55. The number of rotatable bonds is 4. The third kappa shape index (κ3) is 2.42. The molecular formula is C15H25BrN4Si. The number of nitrogen functional groups attached to an aromatic ring is 1. The molecule has 2 aromatic heterocycles. The van der Waals surface area contributed by atoms with E-state index < -0.39 is 8.07 Å². The van der Waals surface area contributed by atoms with E-state index in [9.17, 15) is 0 Å². The predicted octanol–water partition coefficient (Wildman–Crippen LogP) is 3.96. The Morgan fingerprint density at radius 3 is 2.05 bits per heavy atom. The van der Waals surface area contributed by atoms with Crippen molar-refractivity contribution >= 4 is 40.8 Å². The summed E-state index contributed by atoms with van der Waals surface area (Å²) in [6, 6.07) is 3.92. The number of fused-ring (bicyclic) bond motifs is 1. The van der Waals surface area contributed by atoms with Gasteiger partial charge in [-0.05, 0) is 44.7 Å². The fraction of sp³-hybridized carbons (Fsp3) is 0.600. The van der Waals surface area contributed by atoms with Crippen LogP contribution in [0.1, 0.15) is 41.5 Å². The van der Waals surface area contributed by atoms with Gasteiger partial charge in [-0.1, -0.05) is 41.5 Å². The molecule has 116 valence electrons. The van der Waals surface area contributed by atoms with Crippen LogP contribution in [0.15, 0.2) is 16.7 Å². The molecule has 6 heteroatoms. The van der Waals surface area contributed by atoms with E-state index in [-0.39, 0.29) is 0 Å². The van der Waals surface area contributed by atoms with Crippen LogP contribution in [0.25, 0.3) is 5.52 Å². The summed E-state index contributed by atoms with van der Waals surface area (Å²) < 4.78 is 2.80. The normalized spacial score (nSPS) is 13.0. The van der Waals surface area contributed by atoms with E-state index in [1.54, 1.807) is 0 Å². The predicted molar refractivity (Wildman–Crippen MR) is 95.8 cm³/mol. The second-order valence-electron chi connectivity index (χ2n) is 6.67. The summed E-state index contributed by atoms with van der Waals surface area (Å²) in [5.41, 5.74) is 9.72. The fourth-order valence-corrected chi connectivity index (χ4v) is 10.5. The van der Waals surface area contributed by atoms with Crippen LogP contribution in [-0.2, 0) is 0 Å². The van der Waals surface area contributed by atoms with Gasteiger partial charge in [-0.15, -0.1) is 0 Å². The van der Waals surface area contributed by atoms with Gasteiger partial charge < -0.3 is 5.73 Å². The Morgan fingerprint density at radius 1 is 1.05 bits per heavy atom. The molecule has 0 saturated heterocycles. The molecule has 2 N–H and O–H groups in total. The van der Waals surface area contributed by atoms with Crippen LogP contribution < -0.4 is 11.2 Å². The monoisotopic (exact) mass is 368 g/mol. The van der Waals surface area contributed by atoms with E-state index in [4.69, 9.17) is 15.8 Å². The molecule has 0 aliphatic heterocycles. The van der Waals surface area contributed by atoms with Crippen molar-refractivity contribution in [2.24, 2.45) is 0 Å². The average molecular weight is 369 g/mol. The van der Waals surface area contributed by atoms with Gasteiger partial charge in [-0.2, -0.15) is 5.10 Å². The minimum atomic E-state index is -1.89. The average Bonchev–Trinajstić information content (AvgIpc) is 2.71. The first-order valence-electron chi connectivity index (χ1n) is 7.54. The van der Waals surface area contributed by atoms with Crippen molar-refractivity contribution in [1.82, 2.24) is 14.6 Å². The molecule has 0 bridgehead atoms. The number of anilines is 1. The Balaban J connectivity index is 2.79. The number of nitrogens with two attached hydrogens (primary N) is 1. The highest BCUT2D eigenvalue weighted by Crippen LogP contribution is 2.40. The lowest BCUT2D eigenvalue weighted by Gasteiger charge is -2.41. The van der Waals surface area contributed by atoms with Crippen molar-refractivity contribution < 1.29 is 0 Å². The van der Waals surface area contributed by atoms with E-state index in [1.807, 2.05) is 16.6 Å².